The molecule has 0 aliphatic carbocycles. The van der Waals surface area contributed by atoms with E-state index in [1.165, 1.54) is 0 Å². The number of H-pyrrole nitrogens is 1. The van der Waals surface area contributed by atoms with Gasteiger partial charge in [0.25, 0.3) is 10.0 Å². The molecule has 0 saturated carbocycles. The number of aryl methyl sites for hydroxylation is 1. The standard InChI is InChI=1S/C12H11IN2O4S/c1-7-4-8(13)2-3-10(7)15-20(18,19)9-5-11(12(16)17)14-6-9/h2-6,14-15H,1H3,(H,16,17). The number of benzene rings is 1. The summed E-state index contributed by atoms with van der Waals surface area (Å²) in [6.45, 7) is 1.79. The van der Waals surface area contributed by atoms with Gasteiger partial charge in [-0.25, -0.2) is 13.2 Å². The minimum atomic E-state index is -3.81. The number of aromatic carboxylic acids is 1. The average Bonchev–Trinajstić information content (AvgIpc) is 2.83. The van der Waals surface area contributed by atoms with Crippen molar-refractivity contribution in [2.24, 2.45) is 0 Å². The number of anilines is 1. The third kappa shape index (κ3) is 3.12. The molecule has 1 heterocycles. The summed E-state index contributed by atoms with van der Waals surface area (Å²) in [7, 11) is -3.81. The van der Waals surface area contributed by atoms with E-state index in [4.69, 9.17) is 5.11 Å². The SMILES string of the molecule is Cc1cc(I)ccc1NS(=O)(=O)c1c[nH]c(C(=O)O)c1. The number of carbonyl (C=O) groups is 1. The lowest BCUT2D eigenvalue weighted by Crippen LogP contribution is -2.13. The highest BCUT2D eigenvalue weighted by molar-refractivity contribution is 14.1. The van der Waals surface area contributed by atoms with Crippen molar-refractivity contribution in [1.29, 1.82) is 0 Å². The van der Waals surface area contributed by atoms with E-state index < -0.39 is 16.0 Å². The fourth-order valence-electron chi connectivity index (χ4n) is 1.60. The molecule has 0 amide bonds. The Hall–Kier alpha value is -1.55. The number of aromatic nitrogens is 1. The third-order valence-corrected chi connectivity index (χ3v) is 4.65. The maximum atomic E-state index is 12.1. The van der Waals surface area contributed by atoms with E-state index in [1.807, 2.05) is 6.07 Å². The van der Waals surface area contributed by atoms with Crippen molar-refractivity contribution in [1.82, 2.24) is 4.98 Å². The molecule has 0 aliphatic rings. The molecule has 2 rings (SSSR count). The Labute approximate surface area is 129 Å². The van der Waals surface area contributed by atoms with E-state index in [0.29, 0.717) is 5.69 Å². The van der Waals surface area contributed by atoms with Crippen LogP contribution in [-0.2, 0) is 10.0 Å². The van der Waals surface area contributed by atoms with Gasteiger partial charge < -0.3 is 10.1 Å². The van der Waals surface area contributed by atoms with Crippen molar-refractivity contribution in [3.8, 4) is 0 Å². The summed E-state index contributed by atoms with van der Waals surface area (Å²) < 4.78 is 27.7. The molecular weight excluding hydrogens is 395 g/mol. The van der Waals surface area contributed by atoms with Gasteiger partial charge in [0.2, 0.25) is 0 Å². The summed E-state index contributed by atoms with van der Waals surface area (Å²) in [6, 6.07) is 6.37. The number of carboxylic acid groups (broad SMARTS) is 1. The quantitative estimate of drug-likeness (QED) is 0.680. The van der Waals surface area contributed by atoms with Gasteiger partial charge in [0.1, 0.15) is 10.6 Å². The summed E-state index contributed by atoms with van der Waals surface area (Å²) >= 11 is 2.13. The number of sulfonamides is 1. The molecule has 1 aromatic carbocycles. The second kappa shape index (κ2) is 5.44. The summed E-state index contributed by atoms with van der Waals surface area (Å²) in [5.74, 6) is -1.21. The van der Waals surface area contributed by atoms with Gasteiger partial charge in [0.15, 0.2) is 0 Å². The van der Waals surface area contributed by atoms with Gasteiger partial charge in [-0.1, -0.05) is 0 Å². The number of hydrogen-bond acceptors (Lipinski definition) is 3. The lowest BCUT2D eigenvalue weighted by Gasteiger charge is -2.09. The van der Waals surface area contributed by atoms with Crippen molar-refractivity contribution < 1.29 is 18.3 Å². The van der Waals surface area contributed by atoms with Crippen molar-refractivity contribution in [3.63, 3.8) is 0 Å². The zero-order valence-electron chi connectivity index (χ0n) is 10.3. The number of hydrogen-bond donors (Lipinski definition) is 3. The Bertz CT molecular complexity index is 768. The van der Waals surface area contributed by atoms with Crippen LogP contribution < -0.4 is 4.72 Å². The molecule has 0 aliphatic heterocycles. The number of halogens is 1. The van der Waals surface area contributed by atoms with Crippen molar-refractivity contribution in [2.75, 3.05) is 4.72 Å². The van der Waals surface area contributed by atoms with Crippen molar-refractivity contribution in [2.45, 2.75) is 11.8 Å². The van der Waals surface area contributed by atoms with Crippen LogP contribution in [0.4, 0.5) is 5.69 Å². The van der Waals surface area contributed by atoms with Crippen LogP contribution in [0.15, 0.2) is 35.4 Å². The maximum absolute atomic E-state index is 12.1. The molecule has 0 radical (unpaired) electrons. The summed E-state index contributed by atoms with van der Waals surface area (Å²) in [5.41, 5.74) is 1.07. The largest absolute Gasteiger partial charge is 0.477 e. The molecule has 0 unspecified atom stereocenters. The maximum Gasteiger partial charge on any atom is 0.352 e. The fourth-order valence-corrected chi connectivity index (χ4v) is 3.37. The lowest BCUT2D eigenvalue weighted by atomic mass is 10.2. The van der Waals surface area contributed by atoms with E-state index >= 15 is 0 Å². The van der Waals surface area contributed by atoms with Crippen LogP contribution in [-0.4, -0.2) is 24.5 Å². The molecule has 0 spiro atoms. The number of aromatic amines is 1. The Morgan fingerprint density at radius 1 is 1.35 bits per heavy atom. The topological polar surface area (TPSA) is 99.3 Å². The first-order valence-electron chi connectivity index (χ1n) is 5.50. The van der Waals surface area contributed by atoms with Crippen LogP contribution in [0.2, 0.25) is 0 Å². The molecule has 0 fully saturated rings. The van der Waals surface area contributed by atoms with E-state index in [9.17, 15) is 13.2 Å². The van der Waals surface area contributed by atoms with E-state index in [-0.39, 0.29) is 10.6 Å². The Kier molecular flexibility index (Phi) is 4.04. The van der Waals surface area contributed by atoms with Crippen LogP contribution >= 0.6 is 22.6 Å². The van der Waals surface area contributed by atoms with E-state index in [2.05, 4.69) is 32.3 Å². The predicted octanol–water partition coefficient (Wildman–Crippen LogP) is 2.43. The lowest BCUT2D eigenvalue weighted by molar-refractivity contribution is 0.0691. The van der Waals surface area contributed by atoms with Gasteiger partial charge in [-0.2, -0.15) is 0 Å². The summed E-state index contributed by atoms with van der Waals surface area (Å²) in [6.07, 6.45) is 1.15. The second-order valence-corrected chi connectivity index (χ2v) is 7.05. The molecule has 3 N–H and O–H groups in total. The summed E-state index contributed by atoms with van der Waals surface area (Å²) in [4.78, 5) is 13.0. The smallest absolute Gasteiger partial charge is 0.352 e. The van der Waals surface area contributed by atoms with Gasteiger partial charge in [0, 0.05) is 9.77 Å². The van der Waals surface area contributed by atoms with Gasteiger partial charge in [-0.15, -0.1) is 0 Å². The van der Waals surface area contributed by atoms with Crippen LogP contribution in [0.5, 0.6) is 0 Å². The molecule has 0 saturated heterocycles. The highest BCUT2D eigenvalue weighted by Gasteiger charge is 2.19. The highest BCUT2D eigenvalue weighted by Crippen LogP contribution is 2.22. The summed E-state index contributed by atoms with van der Waals surface area (Å²) in [5, 5.41) is 8.78. The minimum absolute atomic E-state index is 0.118. The molecule has 6 nitrogen and oxygen atoms in total. The van der Waals surface area contributed by atoms with Crippen LogP contribution in [0, 0.1) is 10.5 Å². The Morgan fingerprint density at radius 2 is 2.05 bits per heavy atom. The molecule has 0 bridgehead atoms. The van der Waals surface area contributed by atoms with Crippen LogP contribution in [0.1, 0.15) is 16.1 Å². The predicted molar refractivity (Wildman–Crippen MR) is 82.5 cm³/mol. The monoisotopic (exact) mass is 406 g/mol. The van der Waals surface area contributed by atoms with Crippen LogP contribution in [0.3, 0.4) is 0 Å². The molecule has 106 valence electrons. The number of nitrogens with one attached hydrogen (secondary N) is 2. The molecular formula is C12H11IN2O4S. The van der Waals surface area contributed by atoms with Gasteiger partial charge in [0.05, 0.1) is 5.69 Å². The fraction of sp³-hybridized carbons (Fsp3) is 0.0833. The normalized spacial score (nSPS) is 11.3. The molecule has 0 atom stereocenters. The van der Waals surface area contributed by atoms with Gasteiger partial charge in [-0.05, 0) is 59.3 Å². The molecule has 1 aromatic heterocycles. The third-order valence-electron chi connectivity index (χ3n) is 2.63. The Morgan fingerprint density at radius 3 is 2.60 bits per heavy atom. The van der Waals surface area contributed by atoms with Gasteiger partial charge in [-0.3, -0.25) is 4.72 Å². The second-order valence-electron chi connectivity index (χ2n) is 4.12. The zero-order chi connectivity index (χ0) is 14.9. The molecule has 8 heteroatoms. The van der Waals surface area contributed by atoms with E-state index in [1.54, 1.807) is 19.1 Å². The first-order chi connectivity index (χ1) is 9.29. The number of rotatable bonds is 4. The van der Waals surface area contributed by atoms with Gasteiger partial charge >= 0.3 is 5.97 Å². The molecule has 20 heavy (non-hydrogen) atoms. The van der Waals surface area contributed by atoms with E-state index in [0.717, 1.165) is 21.4 Å². The first kappa shape index (κ1) is 14.9. The Balaban J connectivity index is 2.33. The minimum Gasteiger partial charge on any atom is -0.477 e. The zero-order valence-corrected chi connectivity index (χ0v) is 13.3. The average molecular weight is 406 g/mol. The van der Waals surface area contributed by atoms with Crippen molar-refractivity contribution >= 4 is 44.3 Å². The number of carboxylic acids is 1. The first-order valence-corrected chi connectivity index (χ1v) is 8.06. The van der Waals surface area contributed by atoms with Crippen LogP contribution in [0.25, 0.3) is 0 Å². The van der Waals surface area contributed by atoms with Crippen molar-refractivity contribution in [3.05, 3.63) is 45.3 Å². The molecule has 2 aromatic rings. The highest BCUT2D eigenvalue weighted by atomic mass is 127.